The Morgan fingerprint density at radius 1 is 1.00 bits per heavy atom. The van der Waals surface area contributed by atoms with E-state index < -0.39 is 0 Å². The maximum Gasteiger partial charge on any atom is 0.140 e. The number of carbonyl (C=O) groups excluding carboxylic acids is 1. The highest BCUT2D eigenvalue weighted by atomic mass is 16.1. The molecule has 1 aliphatic carbocycles. The van der Waals surface area contributed by atoms with Crippen molar-refractivity contribution in [3.05, 3.63) is 35.4 Å². The fraction of sp³-hybridized carbons (Fsp3) is 0.588. The first-order valence-electron chi connectivity index (χ1n) is 7.40. The van der Waals surface area contributed by atoms with E-state index >= 15 is 0 Å². The van der Waals surface area contributed by atoms with Crippen LogP contribution in [0.1, 0.15) is 56.6 Å². The van der Waals surface area contributed by atoms with Crippen LogP contribution in [0.2, 0.25) is 0 Å². The van der Waals surface area contributed by atoms with Gasteiger partial charge in [0.05, 0.1) is 0 Å². The molecule has 1 aromatic carbocycles. The zero-order chi connectivity index (χ0) is 12.8. The van der Waals surface area contributed by atoms with Crippen LogP contribution in [0.15, 0.2) is 24.3 Å². The highest BCUT2D eigenvalue weighted by molar-refractivity contribution is 5.83. The summed E-state index contributed by atoms with van der Waals surface area (Å²) in [5.74, 6) is 0.791. The van der Waals surface area contributed by atoms with E-state index in [4.69, 9.17) is 0 Å². The SMILES string of the molecule is CCc1ccc(CC(=O)C2CCCCCC2)cc1. The second kappa shape index (κ2) is 6.72. The number of carbonyl (C=O) groups is 1. The predicted octanol–water partition coefficient (Wildman–Crippen LogP) is 4.33. The fourth-order valence-corrected chi connectivity index (χ4v) is 2.84. The van der Waals surface area contributed by atoms with Crippen LogP contribution in [0.4, 0.5) is 0 Å². The van der Waals surface area contributed by atoms with E-state index in [1.807, 2.05) is 0 Å². The van der Waals surface area contributed by atoms with Crippen molar-refractivity contribution < 1.29 is 4.79 Å². The lowest BCUT2D eigenvalue weighted by Gasteiger charge is -2.12. The maximum atomic E-state index is 12.3. The van der Waals surface area contributed by atoms with Crippen LogP contribution in [-0.2, 0) is 17.6 Å². The minimum absolute atomic E-state index is 0.332. The van der Waals surface area contributed by atoms with Gasteiger partial charge in [-0.3, -0.25) is 4.79 Å². The molecule has 1 fully saturated rings. The normalized spacial score (nSPS) is 17.4. The van der Waals surface area contributed by atoms with Gasteiger partial charge in [-0.1, -0.05) is 56.9 Å². The Kier molecular flexibility index (Phi) is 4.98. The van der Waals surface area contributed by atoms with Gasteiger partial charge in [-0.25, -0.2) is 0 Å². The number of hydrogen-bond acceptors (Lipinski definition) is 1. The zero-order valence-corrected chi connectivity index (χ0v) is 11.5. The minimum Gasteiger partial charge on any atom is -0.299 e. The van der Waals surface area contributed by atoms with Gasteiger partial charge in [-0.15, -0.1) is 0 Å². The van der Waals surface area contributed by atoms with Gasteiger partial charge in [-0.05, 0) is 30.4 Å². The Morgan fingerprint density at radius 2 is 1.56 bits per heavy atom. The molecule has 1 heteroatoms. The third-order valence-electron chi connectivity index (χ3n) is 4.12. The minimum atomic E-state index is 0.332. The highest BCUT2D eigenvalue weighted by Crippen LogP contribution is 2.24. The molecular weight excluding hydrogens is 220 g/mol. The molecule has 0 aromatic heterocycles. The molecule has 0 amide bonds. The number of Topliss-reactive ketones (excluding diaryl/α,β-unsaturated/α-hetero) is 1. The summed E-state index contributed by atoms with van der Waals surface area (Å²) < 4.78 is 0. The molecule has 18 heavy (non-hydrogen) atoms. The van der Waals surface area contributed by atoms with Crippen LogP contribution >= 0.6 is 0 Å². The summed E-state index contributed by atoms with van der Waals surface area (Å²) in [5.41, 5.74) is 2.53. The molecule has 1 nitrogen and oxygen atoms in total. The molecule has 0 bridgehead atoms. The standard InChI is InChI=1S/C17H24O/c1-2-14-9-11-15(12-10-14)13-17(18)16-7-5-3-4-6-8-16/h9-12,16H,2-8,13H2,1H3. The molecule has 2 rings (SSSR count). The molecule has 1 saturated carbocycles. The van der Waals surface area contributed by atoms with E-state index in [0.717, 1.165) is 19.3 Å². The molecular formula is C17H24O. The number of ketones is 1. The Morgan fingerprint density at radius 3 is 2.11 bits per heavy atom. The maximum absolute atomic E-state index is 12.3. The monoisotopic (exact) mass is 244 g/mol. The Hall–Kier alpha value is -1.11. The highest BCUT2D eigenvalue weighted by Gasteiger charge is 2.19. The lowest BCUT2D eigenvalue weighted by atomic mass is 9.91. The van der Waals surface area contributed by atoms with Gasteiger partial charge in [-0.2, -0.15) is 0 Å². The number of rotatable bonds is 4. The molecule has 98 valence electrons. The molecule has 0 unspecified atom stereocenters. The summed E-state index contributed by atoms with van der Waals surface area (Å²) in [6, 6.07) is 8.53. The summed E-state index contributed by atoms with van der Waals surface area (Å²) in [6.07, 6.45) is 9.05. The van der Waals surface area contributed by atoms with Gasteiger partial charge in [0.2, 0.25) is 0 Å². The van der Waals surface area contributed by atoms with Gasteiger partial charge in [0.1, 0.15) is 5.78 Å². The molecule has 1 aromatic rings. The molecule has 1 aliphatic rings. The molecule has 0 saturated heterocycles. The zero-order valence-electron chi connectivity index (χ0n) is 11.5. The van der Waals surface area contributed by atoms with Crippen LogP contribution in [-0.4, -0.2) is 5.78 Å². The van der Waals surface area contributed by atoms with E-state index in [2.05, 4.69) is 31.2 Å². The topological polar surface area (TPSA) is 17.1 Å². The predicted molar refractivity (Wildman–Crippen MR) is 75.7 cm³/mol. The van der Waals surface area contributed by atoms with Crippen molar-refractivity contribution >= 4 is 5.78 Å². The van der Waals surface area contributed by atoms with E-state index in [0.29, 0.717) is 18.1 Å². The molecule has 0 N–H and O–H groups in total. The van der Waals surface area contributed by atoms with Crippen LogP contribution < -0.4 is 0 Å². The summed E-state index contributed by atoms with van der Waals surface area (Å²) in [7, 11) is 0. The first kappa shape index (κ1) is 13.3. The quantitative estimate of drug-likeness (QED) is 0.720. The average molecular weight is 244 g/mol. The first-order chi connectivity index (χ1) is 8.79. The molecule has 0 atom stereocenters. The van der Waals surface area contributed by atoms with Crippen LogP contribution in [0, 0.1) is 5.92 Å². The van der Waals surface area contributed by atoms with Gasteiger partial charge in [0.25, 0.3) is 0 Å². The van der Waals surface area contributed by atoms with Crippen LogP contribution in [0.25, 0.3) is 0 Å². The second-order valence-electron chi connectivity index (χ2n) is 5.50. The lowest BCUT2D eigenvalue weighted by Crippen LogP contribution is -2.16. The average Bonchev–Trinajstić information content (AvgIpc) is 2.68. The van der Waals surface area contributed by atoms with E-state index in [1.165, 1.54) is 36.8 Å². The van der Waals surface area contributed by atoms with Crippen molar-refractivity contribution in [3.63, 3.8) is 0 Å². The molecule has 0 radical (unpaired) electrons. The van der Waals surface area contributed by atoms with Crippen LogP contribution in [0.5, 0.6) is 0 Å². The van der Waals surface area contributed by atoms with Gasteiger partial charge >= 0.3 is 0 Å². The smallest absolute Gasteiger partial charge is 0.140 e. The van der Waals surface area contributed by atoms with Crippen molar-refractivity contribution in [1.29, 1.82) is 0 Å². The van der Waals surface area contributed by atoms with E-state index in [-0.39, 0.29) is 0 Å². The number of hydrogen-bond donors (Lipinski definition) is 0. The summed E-state index contributed by atoms with van der Waals surface area (Å²) in [6.45, 7) is 2.16. The molecule has 0 spiro atoms. The van der Waals surface area contributed by atoms with Crippen molar-refractivity contribution in [1.82, 2.24) is 0 Å². The second-order valence-corrected chi connectivity index (χ2v) is 5.50. The van der Waals surface area contributed by atoms with E-state index in [9.17, 15) is 4.79 Å². The van der Waals surface area contributed by atoms with E-state index in [1.54, 1.807) is 0 Å². The van der Waals surface area contributed by atoms with Gasteiger partial charge < -0.3 is 0 Å². The number of benzene rings is 1. The third-order valence-corrected chi connectivity index (χ3v) is 4.12. The summed E-state index contributed by atoms with van der Waals surface area (Å²) >= 11 is 0. The van der Waals surface area contributed by atoms with Crippen molar-refractivity contribution in [2.24, 2.45) is 5.92 Å². The Labute approximate surface area is 111 Å². The summed E-state index contributed by atoms with van der Waals surface area (Å²) in [4.78, 5) is 12.3. The lowest BCUT2D eigenvalue weighted by molar-refractivity contribution is -0.122. The molecule has 0 aliphatic heterocycles. The van der Waals surface area contributed by atoms with Gasteiger partial charge in [0.15, 0.2) is 0 Å². The fourth-order valence-electron chi connectivity index (χ4n) is 2.84. The Bertz CT molecular complexity index is 369. The Balaban J connectivity index is 1.92. The third kappa shape index (κ3) is 3.69. The van der Waals surface area contributed by atoms with Crippen molar-refractivity contribution in [2.45, 2.75) is 58.3 Å². The van der Waals surface area contributed by atoms with Crippen LogP contribution in [0.3, 0.4) is 0 Å². The van der Waals surface area contributed by atoms with Crippen molar-refractivity contribution in [3.8, 4) is 0 Å². The summed E-state index contributed by atoms with van der Waals surface area (Å²) in [5, 5.41) is 0. The van der Waals surface area contributed by atoms with Gasteiger partial charge in [0, 0.05) is 12.3 Å². The first-order valence-corrected chi connectivity index (χ1v) is 7.40. The largest absolute Gasteiger partial charge is 0.299 e. The number of aryl methyl sites for hydroxylation is 1. The van der Waals surface area contributed by atoms with Crippen molar-refractivity contribution in [2.75, 3.05) is 0 Å². The molecule has 0 heterocycles.